The second-order valence-electron chi connectivity index (χ2n) is 24.3. The molecular formula is C75H36BN3S6. The lowest BCUT2D eigenvalue weighted by Crippen LogP contribution is -2.73. The molecule has 3 nitrogen and oxygen atoms in total. The Kier molecular flexibility index (Phi) is 7.63. The van der Waals surface area contributed by atoms with Crippen molar-refractivity contribution in [3.63, 3.8) is 0 Å². The highest BCUT2D eigenvalue weighted by atomic mass is 32.2. The molecule has 0 radical (unpaired) electrons. The molecule has 12 aliphatic rings. The zero-order chi connectivity index (χ0) is 54.3. The maximum atomic E-state index is 2.71. The van der Waals surface area contributed by atoms with Crippen LogP contribution in [0.1, 0.15) is 66.8 Å². The molecule has 12 aliphatic heterocycles. The van der Waals surface area contributed by atoms with Gasteiger partial charge in [0.25, 0.3) is 0 Å². The lowest BCUT2D eigenvalue weighted by Gasteiger charge is -2.60. The average Bonchev–Trinajstić information content (AvgIpc) is 1.09. The lowest BCUT2D eigenvalue weighted by atomic mass is 9.22. The van der Waals surface area contributed by atoms with Crippen molar-refractivity contribution in [3.05, 3.63) is 285 Å². The van der Waals surface area contributed by atoms with Crippen LogP contribution in [0.5, 0.6) is 0 Å². The number of nitrogens with zero attached hydrogens (tertiary/aromatic N) is 3. The molecule has 0 aliphatic carbocycles. The van der Waals surface area contributed by atoms with Crippen LogP contribution < -0.4 is 31.1 Å². The number of anilines is 9. The minimum atomic E-state index is -0.726. The molecule has 3 spiro atoms. The highest BCUT2D eigenvalue weighted by Crippen LogP contribution is 2.74. The Labute approximate surface area is 515 Å². The number of benzene rings is 12. The Bertz CT molecular complexity index is 4590. The largest absolute Gasteiger partial charge is 0.305 e. The SMILES string of the molecule is c1cc2c3c(c1)Sc1cccc4c1N3c1c(cccc1C41c3cccc4c3B3c5c1cccc5C1(c5cccc(c53)C43c4cccc5c4N4c6c(cccc6Sc6cccc3c64)S5)c3cccc4c3N3c5c(cccc5Sc5cccc1c53)S4)S2. The Balaban J connectivity index is 0.929. The highest BCUT2D eigenvalue weighted by molar-refractivity contribution is 8.01. The summed E-state index contributed by atoms with van der Waals surface area (Å²) in [6.07, 6.45) is 0. The van der Waals surface area contributed by atoms with Crippen LogP contribution in [0.25, 0.3) is 0 Å². The van der Waals surface area contributed by atoms with E-state index in [0.717, 1.165) is 0 Å². The van der Waals surface area contributed by atoms with Gasteiger partial charge < -0.3 is 14.7 Å². The van der Waals surface area contributed by atoms with Crippen LogP contribution >= 0.6 is 70.6 Å². The van der Waals surface area contributed by atoms with E-state index in [-0.39, 0.29) is 6.71 Å². The van der Waals surface area contributed by atoms with Gasteiger partial charge in [-0.3, -0.25) is 0 Å². The van der Waals surface area contributed by atoms with Gasteiger partial charge in [0.1, 0.15) is 0 Å². The first-order chi connectivity index (χ1) is 42.2. The van der Waals surface area contributed by atoms with Crippen molar-refractivity contribution in [1.82, 2.24) is 0 Å². The highest BCUT2D eigenvalue weighted by Gasteiger charge is 2.66. The van der Waals surface area contributed by atoms with Crippen molar-refractivity contribution in [3.8, 4) is 0 Å². The maximum Gasteiger partial charge on any atom is 0.243 e. The predicted octanol–water partition coefficient (Wildman–Crippen LogP) is 18.4. The van der Waals surface area contributed by atoms with Gasteiger partial charge in [-0.2, -0.15) is 0 Å². The van der Waals surface area contributed by atoms with Gasteiger partial charge in [-0.25, -0.2) is 0 Å². The van der Waals surface area contributed by atoms with E-state index in [0.29, 0.717) is 0 Å². The number of para-hydroxylation sites is 9. The number of fused-ring (bicyclic) bond motifs is 12. The fourth-order valence-electron chi connectivity index (χ4n) is 18.8. The number of hydrogen-bond donors (Lipinski definition) is 0. The minimum absolute atomic E-state index is 0.0694. The first-order valence-corrected chi connectivity index (χ1v) is 34.2. The molecule has 0 unspecified atom stereocenters. The summed E-state index contributed by atoms with van der Waals surface area (Å²) >= 11 is 11.7. The summed E-state index contributed by atoms with van der Waals surface area (Å²) in [6, 6.07) is 87.7. The van der Waals surface area contributed by atoms with Crippen LogP contribution in [0.4, 0.5) is 51.2 Å². The summed E-state index contributed by atoms with van der Waals surface area (Å²) < 4.78 is 0. The van der Waals surface area contributed by atoms with E-state index in [9.17, 15) is 0 Å². The van der Waals surface area contributed by atoms with Crippen LogP contribution in [0.2, 0.25) is 0 Å². The smallest absolute Gasteiger partial charge is 0.243 e. The standard InChI is InChI=1S/C75H36BN3S6/c1-13-37-61-38(14-1)74(45-21-6-27-51-66(45)78-67-46(74)22-7-28-52(67)83-58-34-11-33-57(82-51)71(58)78)40-16-3-18-42-63(40)76(61)62-39(73(37)43-19-4-25-49-64(43)77-65-44(73)20-5-26-50(65)81-56-32-10-31-55(80-49)70(56)77)15-2-17-41(62)75(42)47-23-8-29-53-68(47)79-69-48(75)24-9-30-54(69)85-60-36-12-35-59(84-53)72(60)79/h1-36H. The van der Waals surface area contributed by atoms with Gasteiger partial charge in [0, 0.05) is 58.7 Å². The summed E-state index contributed by atoms with van der Waals surface area (Å²) in [4.78, 5) is 23.9. The molecule has 0 amide bonds. The quantitative estimate of drug-likeness (QED) is 0.136. The van der Waals surface area contributed by atoms with E-state index in [1.807, 2.05) is 70.6 Å². The van der Waals surface area contributed by atoms with E-state index in [4.69, 9.17) is 0 Å². The maximum absolute atomic E-state index is 2.71. The molecule has 0 atom stereocenters. The number of hydrogen-bond acceptors (Lipinski definition) is 9. The third-order valence-electron chi connectivity index (χ3n) is 21.2. The molecule has 24 rings (SSSR count). The molecule has 12 aromatic carbocycles. The van der Waals surface area contributed by atoms with Gasteiger partial charge in [0.05, 0.1) is 67.4 Å². The molecule has 0 aromatic heterocycles. The molecule has 12 aromatic rings. The average molecular weight is 1180 g/mol. The number of rotatable bonds is 0. The summed E-state index contributed by atoms with van der Waals surface area (Å²) in [5.74, 6) is 0. The summed E-state index contributed by atoms with van der Waals surface area (Å²) in [5, 5.41) is 0. The molecule has 12 heterocycles. The van der Waals surface area contributed by atoms with Crippen LogP contribution in [-0.2, 0) is 16.2 Å². The molecule has 0 saturated carbocycles. The van der Waals surface area contributed by atoms with Gasteiger partial charge in [-0.15, -0.1) is 0 Å². The zero-order valence-electron chi connectivity index (χ0n) is 44.7. The van der Waals surface area contributed by atoms with Crippen LogP contribution in [0.3, 0.4) is 0 Å². The monoisotopic (exact) mass is 1180 g/mol. The van der Waals surface area contributed by atoms with Crippen LogP contribution in [-0.4, -0.2) is 6.71 Å². The van der Waals surface area contributed by atoms with Gasteiger partial charge in [0.2, 0.25) is 6.71 Å². The summed E-state index contributed by atoms with van der Waals surface area (Å²) in [6.45, 7) is -0.0694. The van der Waals surface area contributed by atoms with Crippen LogP contribution in [0.15, 0.2) is 277 Å². The van der Waals surface area contributed by atoms with Crippen molar-refractivity contribution in [2.45, 2.75) is 75.0 Å². The van der Waals surface area contributed by atoms with Crippen molar-refractivity contribution >= 4 is 145 Å². The summed E-state index contributed by atoms with van der Waals surface area (Å²) in [7, 11) is 0. The van der Waals surface area contributed by atoms with Crippen molar-refractivity contribution in [1.29, 1.82) is 0 Å². The molecular weight excluding hydrogens is 1150 g/mol. The van der Waals surface area contributed by atoms with E-state index in [1.165, 1.54) is 193 Å². The molecule has 0 N–H and O–H groups in total. The van der Waals surface area contributed by atoms with E-state index >= 15 is 0 Å². The molecule has 10 heteroatoms. The second kappa shape index (κ2) is 14.5. The Morgan fingerprint density at radius 2 is 0.341 bits per heavy atom. The van der Waals surface area contributed by atoms with Gasteiger partial charge in [0.15, 0.2) is 0 Å². The molecule has 0 saturated heterocycles. The van der Waals surface area contributed by atoms with Gasteiger partial charge >= 0.3 is 0 Å². The first kappa shape index (κ1) is 44.7. The Morgan fingerprint density at radius 1 is 0.188 bits per heavy atom. The molecule has 85 heavy (non-hydrogen) atoms. The molecule has 0 bridgehead atoms. The molecule has 0 fully saturated rings. The van der Waals surface area contributed by atoms with Crippen LogP contribution in [0, 0.1) is 0 Å². The Morgan fingerprint density at radius 3 is 0.541 bits per heavy atom. The van der Waals surface area contributed by atoms with Gasteiger partial charge in [-0.05, 0) is 140 Å². The fraction of sp³-hybridized carbons (Fsp3) is 0.0400. The van der Waals surface area contributed by atoms with Gasteiger partial charge in [-0.1, -0.05) is 233 Å². The van der Waals surface area contributed by atoms with E-state index in [1.54, 1.807) is 0 Å². The predicted molar refractivity (Wildman–Crippen MR) is 349 cm³/mol. The normalized spacial score (nSPS) is 17.8. The van der Waals surface area contributed by atoms with Crippen molar-refractivity contribution < 1.29 is 0 Å². The lowest BCUT2D eigenvalue weighted by molar-refractivity contribution is 0.677. The second-order valence-corrected chi connectivity index (χ2v) is 30.8. The van der Waals surface area contributed by atoms with Crippen molar-refractivity contribution in [2.75, 3.05) is 14.7 Å². The third kappa shape index (κ3) is 4.53. The molecule has 390 valence electrons. The minimum Gasteiger partial charge on any atom is -0.305 e. The topological polar surface area (TPSA) is 9.72 Å². The zero-order valence-corrected chi connectivity index (χ0v) is 49.6. The van der Waals surface area contributed by atoms with E-state index in [2.05, 4.69) is 233 Å². The van der Waals surface area contributed by atoms with E-state index < -0.39 is 16.2 Å². The third-order valence-corrected chi connectivity index (χ3v) is 27.8. The van der Waals surface area contributed by atoms with Crippen molar-refractivity contribution in [2.24, 2.45) is 0 Å². The summed E-state index contributed by atoms with van der Waals surface area (Å²) in [5.41, 5.74) is 30.8. The fourth-order valence-corrected chi connectivity index (χ4v) is 25.8. The Hall–Kier alpha value is -7.80. The first-order valence-electron chi connectivity index (χ1n) is 29.3.